The van der Waals surface area contributed by atoms with Crippen LogP contribution in [0, 0.1) is 0 Å². The van der Waals surface area contributed by atoms with Crippen LogP contribution in [0.3, 0.4) is 0 Å². The van der Waals surface area contributed by atoms with E-state index in [1.807, 2.05) is 0 Å². The molecule has 0 aliphatic rings. The highest BCUT2D eigenvalue weighted by Gasteiger charge is 2.30. The molecule has 0 radical (unpaired) electrons. The Hall–Kier alpha value is -1.76. The summed E-state index contributed by atoms with van der Waals surface area (Å²) in [5.74, 6) is -0.406. The van der Waals surface area contributed by atoms with Gasteiger partial charge in [-0.05, 0) is 45.8 Å². The number of amides is 1. The van der Waals surface area contributed by atoms with Crippen LogP contribution in [0.4, 0.5) is 13.2 Å². The quantitative estimate of drug-likeness (QED) is 0.911. The Morgan fingerprint density at radius 1 is 1.25 bits per heavy atom. The minimum Gasteiger partial charge on any atom is -0.444 e. The molecule has 0 saturated carbocycles. The first-order valence-corrected chi connectivity index (χ1v) is 6.35. The summed E-state index contributed by atoms with van der Waals surface area (Å²) in [5.41, 5.74) is -0.385. The first-order valence-electron chi connectivity index (χ1n) is 5.56. The summed E-state index contributed by atoms with van der Waals surface area (Å²) < 4.78 is 43.0. The molecule has 1 N–H and O–H groups in total. The van der Waals surface area contributed by atoms with Crippen LogP contribution in [0.25, 0.3) is 0 Å². The molecule has 2 aromatic rings. The molecule has 1 aromatic heterocycles. The number of alkyl halides is 3. The third-order valence-electron chi connectivity index (χ3n) is 2.50. The van der Waals surface area contributed by atoms with Gasteiger partial charge in [0.1, 0.15) is 0 Å². The van der Waals surface area contributed by atoms with Gasteiger partial charge >= 0.3 is 6.18 Å². The van der Waals surface area contributed by atoms with Gasteiger partial charge in [0, 0.05) is 6.54 Å². The third kappa shape index (κ3) is 3.63. The van der Waals surface area contributed by atoms with Crippen LogP contribution in [-0.4, -0.2) is 5.91 Å². The molecule has 0 atom stereocenters. The molecule has 0 aliphatic heterocycles. The number of hydrogen-bond acceptors (Lipinski definition) is 2. The van der Waals surface area contributed by atoms with Gasteiger partial charge in [-0.15, -0.1) is 0 Å². The van der Waals surface area contributed by atoms with Gasteiger partial charge < -0.3 is 9.73 Å². The predicted molar refractivity (Wildman–Crippen MR) is 69.0 cm³/mol. The number of carbonyl (C=O) groups excluding carboxylic acids is 1. The summed E-state index contributed by atoms with van der Waals surface area (Å²) >= 11 is 3.06. The number of carbonyl (C=O) groups is 1. The first kappa shape index (κ1) is 14.6. The van der Waals surface area contributed by atoms with Crippen LogP contribution in [0.1, 0.15) is 21.7 Å². The van der Waals surface area contributed by atoms with Gasteiger partial charge in [0.05, 0.1) is 5.56 Å². The molecule has 1 aromatic carbocycles. The number of rotatable bonds is 3. The molecule has 0 spiro atoms. The van der Waals surface area contributed by atoms with Crippen molar-refractivity contribution in [2.45, 2.75) is 12.7 Å². The maximum absolute atomic E-state index is 12.5. The maximum atomic E-state index is 12.5. The van der Waals surface area contributed by atoms with E-state index in [4.69, 9.17) is 4.42 Å². The Morgan fingerprint density at radius 2 is 2.00 bits per heavy atom. The van der Waals surface area contributed by atoms with Crippen molar-refractivity contribution in [2.75, 3.05) is 0 Å². The second-order valence-corrected chi connectivity index (χ2v) is 4.77. The lowest BCUT2D eigenvalue weighted by Gasteiger charge is -2.09. The normalized spacial score (nSPS) is 11.4. The molecular weight excluding hydrogens is 339 g/mol. The zero-order chi connectivity index (χ0) is 14.8. The van der Waals surface area contributed by atoms with E-state index in [9.17, 15) is 18.0 Å². The van der Waals surface area contributed by atoms with Crippen molar-refractivity contribution >= 4 is 21.8 Å². The minimum absolute atomic E-state index is 0.0128. The smallest absolute Gasteiger partial charge is 0.416 e. The highest BCUT2D eigenvalue weighted by Crippen LogP contribution is 2.29. The Labute approximate surface area is 120 Å². The van der Waals surface area contributed by atoms with E-state index in [0.29, 0.717) is 10.2 Å². The highest BCUT2D eigenvalue weighted by molar-refractivity contribution is 9.10. The second kappa shape index (κ2) is 5.70. The molecule has 1 heterocycles. The van der Waals surface area contributed by atoms with Gasteiger partial charge in [-0.25, -0.2) is 0 Å². The van der Waals surface area contributed by atoms with Gasteiger partial charge in [0.25, 0.3) is 5.91 Å². The topological polar surface area (TPSA) is 42.2 Å². The summed E-state index contributed by atoms with van der Waals surface area (Å²) in [6.07, 6.45) is -4.40. The van der Waals surface area contributed by atoms with Gasteiger partial charge in [0.2, 0.25) is 0 Å². The van der Waals surface area contributed by atoms with Crippen LogP contribution in [0.15, 0.2) is 45.5 Å². The molecule has 7 heteroatoms. The van der Waals surface area contributed by atoms with Crippen LogP contribution in [-0.2, 0) is 12.7 Å². The molecule has 1 amide bonds. The zero-order valence-corrected chi connectivity index (χ0v) is 11.6. The van der Waals surface area contributed by atoms with Gasteiger partial charge in [0.15, 0.2) is 10.4 Å². The van der Waals surface area contributed by atoms with Crippen LogP contribution in [0.5, 0.6) is 0 Å². The molecule has 106 valence electrons. The lowest BCUT2D eigenvalue weighted by molar-refractivity contribution is -0.137. The number of nitrogens with one attached hydrogen (secondary N) is 1. The van der Waals surface area contributed by atoms with Crippen molar-refractivity contribution in [3.63, 3.8) is 0 Å². The summed E-state index contributed by atoms with van der Waals surface area (Å²) in [5, 5.41) is 2.49. The molecule has 0 saturated heterocycles. The third-order valence-corrected chi connectivity index (χ3v) is 2.93. The molecule has 0 bridgehead atoms. The number of halogens is 4. The lowest BCUT2D eigenvalue weighted by atomic mass is 10.1. The van der Waals surface area contributed by atoms with E-state index in [0.717, 1.165) is 12.1 Å². The van der Waals surface area contributed by atoms with Gasteiger partial charge in [-0.1, -0.05) is 12.1 Å². The summed E-state index contributed by atoms with van der Waals surface area (Å²) in [6.45, 7) is -0.0128. The maximum Gasteiger partial charge on any atom is 0.416 e. The number of hydrogen-bond donors (Lipinski definition) is 1. The fraction of sp³-hybridized carbons (Fsp3) is 0.154. The lowest BCUT2D eigenvalue weighted by Crippen LogP contribution is -2.22. The van der Waals surface area contributed by atoms with Crippen molar-refractivity contribution in [1.82, 2.24) is 5.32 Å². The van der Waals surface area contributed by atoms with E-state index in [-0.39, 0.29) is 12.3 Å². The van der Waals surface area contributed by atoms with Crippen molar-refractivity contribution in [2.24, 2.45) is 0 Å². The Bertz CT molecular complexity index is 622. The monoisotopic (exact) mass is 347 g/mol. The second-order valence-electron chi connectivity index (χ2n) is 3.98. The first-order chi connectivity index (χ1) is 9.36. The summed E-state index contributed by atoms with van der Waals surface area (Å²) in [4.78, 5) is 11.7. The van der Waals surface area contributed by atoms with Gasteiger partial charge in [-0.3, -0.25) is 4.79 Å². The molecule has 0 unspecified atom stereocenters. The summed E-state index contributed by atoms with van der Waals surface area (Å²) in [6, 6.07) is 7.80. The molecule has 0 aliphatic carbocycles. The summed E-state index contributed by atoms with van der Waals surface area (Å²) in [7, 11) is 0. The molecular formula is C13H9BrF3NO2. The van der Waals surface area contributed by atoms with E-state index in [1.54, 1.807) is 6.07 Å². The SMILES string of the molecule is O=C(NCc1cccc(C(F)(F)F)c1)c1ccc(Br)o1. The predicted octanol–water partition coefficient (Wildman–Crippen LogP) is 3.99. The molecule has 0 fully saturated rings. The van der Waals surface area contributed by atoms with E-state index in [2.05, 4.69) is 21.2 Å². The molecule has 3 nitrogen and oxygen atoms in total. The van der Waals surface area contributed by atoms with E-state index < -0.39 is 17.6 Å². The number of benzene rings is 1. The average Bonchev–Trinajstić information content (AvgIpc) is 2.82. The van der Waals surface area contributed by atoms with Crippen molar-refractivity contribution in [1.29, 1.82) is 0 Å². The highest BCUT2D eigenvalue weighted by atomic mass is 79.9. The fourth-order valence-corrected chi connectivity index (χ4v) is 1.87. The number of furan rings is 1. The Morgan fingerprint density at radius 3 is 2.60 bits per heavy atom. The standard InChI is InChI=1S/C13H9BrF3NO2/c14-11-5-4-10(20-11)12(19)18-7-8-2-1-3-9(6-8)13(15,16)17/h1-6H,7H2,(H,18,19). The van der Waals surface area contributed by atoms with Crippen LogP contribution in [0.2, 0.25) is 0 Å². The van der Waals surface area contributed by atoms with Gasteiger partial charge in [-0.2, -0.15) is 13.2 Å². The fourth-order valence-electron chi connectivity index (χ4n) is 1.56. The minimum atomic E-state index is -4.40. The Balaban J connectivity index is 2.02. The van der Waals surface area contributed by atoms with Crippen LogP contribution >= 0.6 is 15.9 Å². The zero-order valence-electron chi connectivity index (χ0n) is 10.00. The average molecular weight is 348 g/mol. The van der Waals surface area contributed by atoms with E-state index in [1.165, 1.54) is 18.2 Å². The van der Waals surface area contributed by atoms with Crippen molar-refractivity contribution in [3.05, 3.63) is 58.0 Å². The largest absolute Gasteiger partial charge is 0.444 e. The van der Waals surface area contributed by atoms with Crippen LogP contribution < -0.4 is 5.32 Å². The molecule has 20 heavy (non-hydrogen) atoms. The molecule has 2 rings (SSSR count). The Kier molecular flexibility index (Phi) is 4.17. The van der Waals surface area contributed by atoms with Crippen molar-refractivity contribution in [3.8, 4) is 0 Å². The van der Waals surface area contributed by atoms with Crippen molar-refractivity contribution < 1.29 is 22.4 Å². The van der Waals surface area contributed by atoms with E-state index >= 15 is 0 Å².